The summed E-state index contributed by atoms with van der Waals surface area (Å²) in [5, 5.41) is 0. The van der Waals surface area contributed by atoms with Gasteiger partial charge in [-0.2, -0.15) is 0 Å². The maximum absolute atomic E-state index is 13.5. The number of carbonyl (C=O) groups excluding carboxylic acids is 1. The van der Waals surface area contributed by atoms with Crippen molar-refractivity contribution in [1.82, 2.24) is 0 Å². The third kappa shape index (κ3) is 2.86. The van der Waals surface area contributed by atoms with Crippen LogP contribution in [0.4, 0.5) is 5.69 Å². The molecular formula is C21H24BrNO2Si. The van der Waals surface area contributed by atoms with Crippen molar-refractivity contribution in [2.75, 3.05) is 11.5 Å². The molecule has 0 aromatic heterocycles. The number of halogens is 1. The van der Waals surface area contributed by atoms with Gasteiger partial charge in [0.2, 0.25) is 0 Å². The lowest BCUT2D eigenvalue weighted by molar-refractivity contribution is -0.137. The molecule has 2 aromatic carbocycles. The van der Waals surface area contributed by atoms with Crippen LogP contribution in [-0.4, -0.2) is 20.6 Å². The van der Waals surface area contributed by atoms with Crippen LogP contribution in [-0.2, 0) is 21.7 Å². The van der Waals surface area contributed by atoms with Crippen LogP contribution in [0.15, 0.2) is 53.0 Å². The van der Waals surface area contributed by atoms with Gasteiger partial charge in [0.25, 0.3) is 5.91 Å². The Morgan fingerprint density at radius 3 is 2.50 bits per heavy atom. The lowest BCUT2D eigenvalue weighted by Crippen LogP contribution is -2.40. The number of amides is 1. The Kier molecular flexibility index (Phi) is 4.37. The van der Waals surface area contributed by atoms with Crippen LogP contribution in [0.1, 0.15) is 17.5 Å². The van der Waals surface area contributed by atoms with Gasteiger partial charge < -0.3 is 9.64 Å². The van der Waals surface area contributed by atoms with Gasteiger partial charge in [0.15, 0.2) is 5.60 Å². The van der Waals surface area contributed by atoms with Gasteiger partial charge in [-0.05, 0) is 35.7 Å². The molecule has 1 spiro atoms. The minimum atomic E-state index is -1.37. The highest BCUT2D eigenvalue weighted by molar-refractivity contribution is 9.10. The predicted octanol–water partition coefficient (Wildman–Crippen LogP) is 5.32. The van der Waals surface area contributed by atoms with Crippen molar-refractivity contribution in [3.05, 3.63) is 64.1 Å². The first-order valence-electron chi connectivity index (χ1n) is 9.11. The SMILES string of the molecule is C[Si](C)(C)C1COC2(C1)C(=O)N(Cc1ccc(Br)cc1)c1ccccc12. The van der Waals surface area contributed by atoms with E-state index in [4.69, 9.17) is 4.74 Å². The van der Waals surface area contributed by atoms with E-state index in [9.17, 15) is 4.79 Å². The molecule has 2 aliphatic heterocycles. The van der Waals surface area contributed by atoms with Gasteiger partial charge in [-0.15, -0.1) is 0 Å². The van der Waals surface area contributed by atoms with Crippen LogP contribution < -0.4 is 4.90 Å². The second-order valence-corrected chi connectivity index (χ2v) is 14.9. The molecule has 2 unspecified atom stereocenters. The first-order chi connectivity index (χ1) is 12.3. The second-order valence-electron chi connectivity index (χ2n) is 8.44. The third-order valence-corrected chi connectivity index (χ3v) is 9.11. The number of fused-ring (bicyclic) bond motifs is 2. The monoisotopic (exact) mass is 429 g/mol. The van der Waals surface area contributed by atoms with E-state index in [1.807, 2.05) is 35.2 Å². The predicted molar refractivity (Wildman–Crippen MR) is 111 cm³/mol. The summed E-state index contributed by atoms with van der Waals surface area (Å²) < 4.78 is 7.35. The summed E-state index contributed by atoms with van der Waals surface area (Å²) in [6.07, 6.45) is 0.815. The zero-order chi connectivity index (χ0) is 18.5. The van der Waals surface area contributed by atoms with E-state index in [1.165, 1.54) is 0 Å². The summed E-state index contributed by atoms with van der Waals surface area (Å²) in [6.45, 7) is 8.37. The molecule has 0 saturated carbocycles. The fourth-order valence-corrected chi connectivity index (χ4v) is 5.77. The van der Waals surface area contributed by atoms with Gasteiger partial charge in [0.1, 0.15) is 0 Å². The van der Waals surface area contributed by atoms with Crippen molar-refractivity contribution < 1.29 is 9.53 Å². The fraction of sp³-hybridized carbons (Fsp3) is 0.381. The Morgan fingerprint density at radius 2 is 1.85 bits per heavy atom. The highest BCUT2D eigenvalue weighted by Gasteiger charge is 2.57. The first kappa shape index (κ1) is 18.0. The molecule has 2 aliphatic rings. The van der Waals surface area contributed by atoms with Gasteiger partial charge >= 0.3 is 0 Å². The average Bonchev–Trinajstić information content (AvgIpc) is 3.15. The Bertz CT molecular complexity index is 846. The van der Waals surface area contributed by atoms with E-state index in [0.717, 1.165) is 27.7 Å². The summed E-state index contributed by atoms with van der Waals surface area (Å²) in [6, 6.07) is 16.3. The van der Waals surface area contributed by atoms with E-state index < -0.39 is 13.7 Å². The average molecular weight is 430 g/mol. The molecule has 3 nitrogen and oxygen atoms in total. The van der Waals surface area contributed by atoms with Crippen LogP contribution in [0.2, 0.25) is 25.2 Å². The van der Waals surface area contributed by atoms with Gasteiger partial charge in [-0.25, -0.2) is 0 Å². The third-order valence-electron chi connectivity index (χ3n) is 5.76. The number of carbonyl (C=O) groups is 1. The Balaban J connectivity index is 1.71. The van der Waals surface area contributed by atoms with Crippen LogP contribution in [0.5, 0.6) is 0 Å². The molecule has 0 bridgehead atoms. The summed E-state index contributed by atoms with van der Waals surface area (Å²) >= 11 is 3.47. The maximum atomic E-state index is 13.5. The number of ether oxygens (including phenoxy) is 1. The van der Waals surface area contributed by atoms with E-state index in [2.05, 4.69) is 53.8 Å². The van der Waals surface area contributed by atoms with Crippen LogP contribution in [0.3, 0.4) is 0 Å². The Morgan fingerprint density at radius 1 is 1.15 bits per heavy atom. The Hall–Kier alpha value is -1.43. The number of nitrogens with zero attached hydrogens (tertiary/aromatic N) is 1. The normalized spacial score (nSPS) is 25.2. The van der Waals surface area contributed by atoms with E-state index >= 15 is 0 Å². The van der Waals surface area contributed by atoms with Gasteiger partial charge in [0, 0.05) is 16.6 Å². The van der Waals surface area contributed by atoms with E-state index in [1.54, 1.807) is 0 Å². The van der Waals surface area contributed by atoms with Crippen molar-refractivity contribution in [3.63, 3.8) is 0 Å². The van der Waals surface area contributed by atoms with Crippen molar-refractivity contribution >= 4 is 35.6 Å². The quantitative estimate of drug-likeness (QED) is 0.617. The minimum Gasteiger partial charge on any atom is -0.360 e. The van der Waals surface area contributed by atoms with Crippen molar-refractivity contribution in [1.29, 1.82) is 0 Å². The number of benzene rings is 2. The maximum Gasteiger partial charge on any atom is 0.264 e. The van der Waals surface area contributed by atoms with Crippen LogP contribution >= 0.6 is 15.9 Å². The number of para-hydroxylation sites is 1. The Labute approximate surface area is 164 Å². The highest BCUT2D eigenvalue weighted by atomic mass is 79.9. The minimum absolute atomic E-state index is 0.0994. The lowest BCUT2D eigenvalue weighted by Gasteiger charge is -2.26. The van der Waals surface area contributed by atoms with Crippen LogP contribution in [0.25, 0.3) is 0 Å². The van der Waals surface area contributed by atoms with Crippen LogP contribution in [0, 0.1) is 0 Å². The number of hydrogen-bond acceptors (Lipinski definition) is 2. The van der Waals surface area contributed by atoms with Crippen molar-refractivity contribution in [2.24, 2.45) is 0 Å². The molecular weight excluding hydrogens is 406 g/mol. The van der Waals surface area contributed by atoms with E-state index in [-0.39, 0.29) is 5.91 Å². The summed E-state index contributed by atoms with van der Waals surface area (Å²) in [5.41, 5.74) is 2.89. The van der Waals surface area contributed by atoms with Gasteiger partial charge in [-0.1, -0.05) is 65.9 Å². The number of rotatable bonds is 3. The lowest BCUT2D eigenvalue weighted by atomic mass is 9.92. The number of hydrogen-bond donors (Lipinski definition) is 0. The fourth-order valence-electron chi connectivity index (χ4n) is 4.02. The van der Waals surface area contributed by atoms with Crippen molar-refractivity contribution in [2.45, 2.75) is 43.7 Å². The molecule has 136 valence electrons. The molecule has 2 atom stereocenters. The zero-order valence-electron chi connectivity index (χ0n) is 15.5. The first-order valence-corrected chi connectivity index (χ1v) is 13.5. The molecule has 1 fully saturated rings. The van der Waals surface area contributed by atoms with Gasteiger partial charge in [-0.3, -0.25) is 4.79 Å². The number of anilines is 1. The summed E-state index contributed by atoms with van der Waals surface area (Å²) in [4.78, 5) is 15.4. The molecule has 2 aromatic rings. The topological polar surface area (TPSA) is 29.5 Å². The molecule has 0 radical (unpaired) electrons. The molecule has 0 N–H and O–H groups in total. The molecule has 5 heteroatoms. The largest absolute Gasteiger partial charge is 0.360 e. The summed E-state index contributed by atoms with van der Waals surface area (Å²) in [7, 11) is -1.37. The van der Waals surface area contributed by atoms with Gasteiger partial charge in [0.05, 0.1) is 20.3 Å². The molecule has 1 saturated heterocycles. The zero-order valence-corrected chi connectivity index (χ0v) is 18.0. The standard InChI is InChI=1S/C21H24BrNO2Si/c1-26(2,3)17-12-21(25-14-17)18-6-4-5-7-19(18)23(20(21)24)13-15-8-10-16(22)11-9-15/h4-11,17H,12-14H2,1-3H3. The smallest absolute Gasteiger partial charge is 0.264 e. The van der Waals surface area contributed by atoms with Crippen molar-refractivity contribution in [3.8, 4) is 0 Å². The molecule has 2 heterocycles. The molecule has 0 aliphatic carbocycles. The molecule has 1 amide bonds. The van der Waals surface area contributed by atoms with E-state index in [0.29, 0.717) is 18.7 Å². The second kappa shape index (κ2) is 6.32. The summed E-state index contributed by atoms with van der Waals surface area (Å²) in [5.74, 6) is 0.0994. The molecule has 26 heavy (non-hydrogen) atoms. The highest BCUT2D eigenvalue weighted by Crippen LogP contribution is 2.53. The molecule has 4 rings (SSSR count).